The van der Waals surface area contributed by atoms with Crippen molar-refractivity contribution in [3.63, 3.8) is 0 Å². The average molecular weight is 399 g/mol. The second-order valence-electron chi connectivity index (χ2n) is 8.09. The van der Waals surface area contributed by atoms with Crippen LogP contribution >= 0.6 is 0 Å². The van der Waals surface area contributed by atoms with Crippen LogP contribution in [0.15, 0.2) is 36.9 Å². The summed E-state index contributed by atoms with van der Waals surface area (Å²) in [5.41, 5.74) is 0.600. The molecule has 2 aliphatic heterocycles. The van der Waals surface area contributed by atoms with Gasteiger partial charge in [-0.25, -0.2) is 0 Å². The first kappa shape index (κ1) is 19.9. The molecule has 1 unspecified atom stereocenters. The molecule has 4 heterocycles. The topological polar surface area (TPSA) is 69.5 Å². The molecule has 4 rings (SSSR count). The fourth-order valence-electron chi connectivity index (χ4n) is 4.45. The van der Waals surface area contributed by atoms with E-state index in [-0.39, 0.29) is 11.5 Å². The van der Waals surface area contributed by atoms with Crippen LogP contribution in [0.5, 0.6) is 5.75 Å². The predicted molar refractivity (Wildman–Crippen MR) is 109 cm³/mol. The van der Waals surface area contributed by atoms with E-state index in [9.17, 15) is 4.79 Å². The lowest BCUT2D eigenvalue weighted by Gasteiger charge is -2.46. The third-order valence-electron chi connectivity index (χ3n) is 6.21. The van der Waals surface area contributed by atoms with Crippen molar-refractivity contribution in [3.05, 3.63) is 42.5 Å². The average Bonchev–Trinajstić information content (AvgIpc) is 3.24. The summed E-state index contributed by atoms with van der Waals surface area (Å²) in [6.45, 7) is 5.81. The van der Waals surface area contributed by atoms with E-state index in [0.29, 0.717) is 11.5 Å². The van der Waals surface area contributed by atoms with E-state index in [4.69, 9.17) is 9.47 Å². The monoisotopic (exact) mass is 398 g/mol. The van der Waals surface area contributed by atoms with Crippen LogP contribution in [0.1, 0.15) is 49.4 Å². The Bertz CT molecular complexity index is 799. The van der Waals surface area contributed by atoms with Gasteiger partial charge in [0, 0.05) is 44.8 Å². The predicted octanol–water partition coefficient (Wildman–Crippen LogP) is 3.17. The lowest BCUT2D eigenvalue weighted by Crippen LogP contribution is -2.50. The zero-order chi connectivity index (χ0) is 20.1. The molecule has 7 heteroatoms. The number of piperidine rings is 1. The second kappa shape index (κ2) is 8.95. The van der Waals surface area contributed by atoms with Crippen LogP contribution in [0, 0.1) is 5.92 Å². The molecule has 0 N–H and O–H groups in total. The molecule has 29 heavy (non-hydrogen) atoms. The van der Waals surface area contributed by atoms with Crippen LogP contribution in [-0.4, -0.2) is 57.5 Å². The third kappa shape index (κ3) is 4.78. The van der Waals surface area contributed by atoms with Crippen molar-refractivity contribution in [2.24, 2.45) is 5.92 Å². The van der Waals surface area contributed by atoms with Gasteiger partial charge in [-0.1, -0.05) is 0 Å². The van der Waals surface area contributed by atoms with Gasteiger partial charge in [0.25, 0.3) is 5.91 Å². The number of rotatable bonds is 6. The molecular formula is C22H30N4O3. The first-order valence-electron chi connectivity index (χ1n) is 10.7. The van der Waals surface area contributed by atoms with Crippen LogP contribution in [0.4, 0.5) is 0 Å². The van der Waals surface area contributed by atoms with Crippen molar-refractivity contribution in [1.82, 2.24) is 19.7 Å². The fraction of sp³-hybridized carbons (Fsp3) is 0.591. The molecule has 2 aliphatic rings. The molecular weight excluding hydrogens is 368 g/mol. The van der Waals surface area contributed by atoms with Crippen LogP contribution in [0.25, 0.3) is 0 Å². The van der Waals surface area contributed by atoms with Gasteiger partial charge in [0.2, 0.25) is 0 Å². The molecule has 2 aromatic rings. The van der Waals surface area contributed by atoms with Crippen molar-refractivity contribution < 1.29 is 14.3 Å². The number of nitrogens with zero attached hydrogens (tertiary/aromatic N) is 4. The highest BCUT2D eigenvalue weighted by Crippen LogP contribution is 2.39. The number of likely N-dealkylation sites (tertiary alicyclic amines) is 1. The molecule has 2 aromatic heterocycles. The zero-order valence-electron chi connectivity index (χ0n) is 17.1. The summed E-state index contributed by atoms with van der Waals surface area (Å²) < 4.78 is 13.9. The Labute approximate surface area is 172 Å². The maximum absolute atomic E-state index is 12.8. The van der Waals surface area contributed by atoms with E-state index in [1.54, 1.807) is 23.3 Å². The second-order valence-corrected chi connectivity index (χ2v) is 8.09. The molecule has 0 saturated carbocycles. The first-order valence-corrected chi connectivity index (χ1v) is 10.7. The van der Waals surface area contributed by atoms with E-state index in [1.165, 1.54) is 0 Å². The SMILES string of the molecule is CCn1cc(C(=O)N2CCC3(CC2)CC(CCOc2ccncc2)CCO3)cn1. The highest BCUT2D eigenvalue weighted by molar-refractivity contribution is 5.93. The molecule has 2 saturated heterocycles. The number of ether oxygens (including phenoxy) is 2. The minimum Gasteiger partial charge on any atom is -0.493 e. The minimum absolute atomic E-state index is 0.0794. The summed E-state index contributed by atoms with van der Waals surface area (Å²) in [5.74, 6) is 1.56. The summed E-state index contributed by atoms with van der Waals surface area (Å²) in [7, 11) is 0. The van der Waals surface area contributed by atoms with Crippen LogP contribution in [0.2, 0.25) is 0 Å². The van der Waals surface area contributed by atoms with Gasteiger partial charge in [-0.2, -0.15) is 5.10 Å². The third-order valence-corrected chi connectivity index (χ3v) is 6.21. The molecule has 1 spiro atoms. The minimum atomic E-state index is -0.0794. The molecule has 0 radical (unpaired) electrons. The lowest BCUT2D eigenvalue weighted by molar-refractivity contribution is -0.125. The van der Waals surface area contributed by atoms with Crippen molar-refractivity contribution >= 4 is 5.91 Å². The van der Waals surface area contributed by atoms with Crippen molar-refractivity contribution in [2.75, 3.05) is 26.3 Å². The maximum Gasteiger partial charge on any atom is 0.257 e. The summed E-state index contributed by atoms with van der Waals surface area (Å²) >= 11 is 0. The summed E-state index contributed by atoms with van der Waals surface area (Å²) in [6.07, 6.45) is 12.0. The van der Waals surface area contributed by atoms with Crippen LogP contribution in [0.3, 0.4) is 0 Å². The summed E-state index contributed by atoms with van der Waals surface area (Å²) in [6, 6.07) is 3.78. The lowest BCUT2D eigenvalue weighted by atomic mass is 9.78. The van der Waals surface area contributed by atoms with Gasteiger partial charge in [-0.3, -0.25) is 14.5 Å². The number of carbonyl (C=O) groups is 1. The Kier molecular flexibility index (Phi) is 6.13. The summed E-state index contributed by atoms with van der Waals surface area (Å²) in [5, 5.41) is 4.22. The molecule has 1 atom stereocenters. The van der Waals surface area contributed by atoms with Crippen molar-refractivity contribution in [3.8, 4) is 5.75 Å². The molecule has 1 amide bonds. The normalized spacial score (nSPS) is 21.3. The summed E-state index contributed by atoms with van der Waals surface area (Å²) in [4.78, 5) is 18.7. The number of amides is 1. The van der Waals surface area contributed by atoms with Crippen molar-refractivity contribution in [1.29, 1.82) is 0 Å². The zero-order valence-corrected chi connectivity index (χ0v) is 17.1. The Hall–Kier alpha value is -2.41. The molecule has 156 valence electrons. The van der Waals surface area contributed by atoms with E-state index < -0.39 is 0 Å². The van der Waals surface area contributed by atoms with Gasteiger partial charge in [-0.15, -0.1) is 0 Å². The molecule has 7 nitrogen and oxygen atoms in total. The highest BCUT2D eigenvalue weighted by Gasteiger charge is 2.41. The van der Waals surface area contributed by atoms with Gasteiger partial charge in [0.05, 0.1) is 24.0 Å². The quantitative estimate of drug-likeness (QED) is 0.748. The van der Waals surface area contributed by atoms with Gasteiger partial charge in [0.1, 0.15) is 5.75 Å². The first-order chi connectivity index (χ1) is 14.2. The van der Waals surface area contributed by atoms with E-state index >= 15 is 0 Å². The molecule has 0 bridgehead atoms. The van der Waals surface area contributed by atoms with E-state index in [1.807, 2.05) is 30.2 Å². The highest BCUT2D eigenvalue weighted by atomic mass is 16.5. The fourth-order valence-corrected chi connectivity index (χ4v) is 4.45. The molecule has 0 aromatic carbocycles. The number of aromatic nitrogens is 3. The maximum atomic E-state index is 12.8. The molecule has 2 fully saturated rings. The smallest absolute Gasteiger partial charge is 0.257 e. The van der Waals surface area contributed by atoms with Crippen LogP contribution < -0.4 is 4.74 Å². The number of hydrogen-bond acceptors (Lipinski definition) is 5. The van der Waals surface area contributed by atoms with Gasteiger partial charge in [-0.05, 0) is 57.1 Å². The van der Waals surface area contributed by atoms with Gasteiger partial charge in [0.15, 0.2) is 0 Å². The van der Waals surface area contributed by atoms with Crippen LogP contribution in [-0.2, 0) is 11.3 Å². The number of carbonyl (C=O) groups excluding carboxylic acids is 1. The Morgan fingerprint density at radius 1 is 1.31 bits per heavy atom. The largest absolute Gasteiger partial charge is 0.493 e. The Balaban J connectivity index is 1.26. The van der Waals surface area contributed by atoms with Gasteiger partial charge >= 0.3 is 0 Å². The number of hydrogen-bond donors (Lipinski definition) is 0. The number of aryl methyl sites for hydroxylation is 1. The van der Waals surface area contributed by atoms with Crippen molar-refractivity contribution in [2.45, 2.75) is 51.2 Å². The Morgan fingerprint density at radius 3 is 2.83 bits per heavy atom. The van der Waals surface area contributed by atoms with E-state index in [0.717, 1.165) is 70.7 Å². The Morgan fingerprint density at radius 2 is 2.10 bits per heavy atom. The molecule has 0 aliphatic carbocycles. The van der Waals surface area contributed by atoms with E-state index in [2.05, 4.69) is 10.1 Å². The standard InChI is InChI=1S/C22H30N4O3/c1-2-26-17-19(16-24-26)21(27)25-11-7-22(8-12-25)15-18(6-14-29-22)5-13-28-20-3-9-23-10-4-20/h3-4,9-10,16-18H,2,5-8,11-15H2,1H3. The van der Waals surface area contributed by atoms with Gasteiger partial charge < -0.3 is 14.4 Å². The number of pyridine rings is 1.